The second kappa shape index (κ2) is 7.50. The number of aryl methyl sites for hydroxylation is 1. The Morgan fingerprint density at radius 1 is 1.43 bits per heavy atom. The number of pyridine rings is 1. The maximum atomic E-state index is 13.2. The smallest absolute Gasteiger partial charge is 0.329 e. The van der Waals surface area contributed by atoms with E-state index in [1.165, 1.54) is 4.57 Å². The lowest BCUT2D eigenvalue weighted by Gasteiger charge is -2.29. The third kappa shape index (κ3) is 3.61. The SMILES string of the molecule is CCCn1c(=O)[nH]c(=O)c2c(C(=O)NC(C)(CN)C3CC3)cc(C(C)C)nc21. The molecule has 0 radical (unpaired) electrons. The molecule has 0 bridgehead atoms. The molecule has 8 heteroatoms. The largest absolute Gasteiger partial charge is 0.345 e. The average molecular weight is 387 g/mol. The van der Waals surface area contributed by atoms with Crippen LogP contribution in [-0.4, -0.2) is 32.5 Å². The number of nitrogens with two attached hydrogens (primary N) is 1. The number of aromatic amines is 1. The minimum absolute atomic E-state index is 0.0322. The molecule has 0 saturated heterocycles. The molecular weight excluding hydrogens is 358 g/mol. The fraction of sp³-hybridized carbons (Fsp3) is 0.600. The zero-order chi connectivity index (χ0) is 20.6. The molecule has 1 fully saturated rings. The van der Waals surface area contributed by atoms with Crippen LogP contribution in [0.25, 0.3) is 11.0 Å². The van der Waals surface area contributed by atoms with Gasteiger partial charge in [-0.3, -0.25) is 19.1 Å². The number of carbonyl (C=O) groups is 1. The van der Waals surface area contributed by atoms with Crippen LogP contribution in [0, 0.1) is 5.92 Å². The number of nitrogens with one attached hydrogen (secondary N) is 2. The van der Waals surface area contributed by atoms with Crippen molar-refractivity contribution in [1.29, 1.82) is 0 Å². The zero-order valence-corrected chi connectivity index (χ0v) is 17.0. The molecule has 152 valence electrons. The number of nitrogens with zero attached hydrogens (tertiary/aromatic N) is 2. The van der Waals surface area contributed by atoms with Gasteiger partial charge in [0.2, 0.25) is 0 Å². The van der Waals surface area contributed by atoms with Crippen molar-refractivity contribution in [3.63, 3.8) is 0 Å². The molecule has 0 spiro atoms. The van der Waals surface area contributed by atoms with Gasteiger partial charge in [0.05, 0.1) is 16.5 Å². The number of hydrogen-bond donors (Lipinski definition) is 3. The first kappa shape index (κ1) is 20.3. The fourth-order valence-electron chi connectivity index (χ4n) is 3.57. The summed E-state index contributed by atoms with van der Waals surface area (Å²) in [6.45, 7) is 8.52. The summed E-state index contributed by atoms with van der Waals surface area (Å²) in [5.41, 5.74) is 5.47. The summed E-state index contributed by atoms with van der Waals surface area (Å²) >= 11 is 0. The van der Waals surface area contributed by atoms with Gasteiger partial charge in [0, 0.05) is 18.8 Å². The Morgan fingerprint density at radius 2 is 2.11 bits per heavy atom. The van der Waals surface area contributed by atoms with E-state index in [4.69, 9.17) is 5.73 Å². The topological polar surface area (TPSA) is 123 Å². The summed E-state index contributed by atoms with van der Waals surface area (Å²) < 4.78 is 1.43. The van der Waals surface area contributed by atoms with Gasteiger partial charge in [-0.1, -0.05) is 20.8 Å². The number of H-pyrrole nitrogens is 1. The van der Waals surface area contributed by atoms with E-state index < -0.39 is 16.8 Å². The molecule has 3 rings (SSSR count). The first-order valence-electron chi connectivity index (χ1n) is 9.92. The predicted octanol–water partition coefficient (Wildman–Crippen LogP) is 1.48. The van der Waals surface area contributed by atoms with E-state index in [0.717, 1.165) is 12.8 Å². The molecule has 28 heavy (non-hydrogen) atoms. The Hall–Kier alpha value is -2.48. The van der Waals surface area contributed by atoms with Gasteiger partial charge in [-0.25, -0.2) is 9.78 Å². The van der Waals surface area contributed by atoms with Gasteiger partial charge in [0.25, 0.3) is 11.5 Å². The summed E-state index contributed by atoms with van der Waals surface area (Å²) in [4.78, 5) is 45.1. The Bertz CT molecular complexity index is 1020. The molecule has 2 aromatic heterocycles. The van der Waals surface area contributed by atoms with E-state index in [1.807, 2.05) is 27.7 Å². The van der Waals surface area contributed by atoms with Crippen LogP contribution in [0.3, 0.4) is 0 Å². The Morgan fingerprint density at radius 3 is 2.64 bits per heavy atom. The van der Waals surface area contributed by atoms with Crippen molar-refractivity contribution in [2.45, 2.75) is 65.0 Å². The van der Waals surface area contributed by atoms with Crippen LogP contribution in [0.4, 0.5) is 0 Å². The van der Waals surface area contributed by atoms with Crippen LogP contribution in [-0.2, 0) is 6.54 Å². The monoisotopic (exact) mass is 387 g/mol. The van der Waals surface area contributed by atoms with Crippen LogP contribution in [0.1, 0.15) is 68.9 Å². The second-order valence-corrected chi connectivity index (χ2v) is 8.21. The summed E-state index contributed by atoms with van der Waals surface area (Å²) in [6.07, 6.45) is 2.75. The normalized spacial score (nSPS) is 16.4. The number of fused-ring (bicyclic) bond motifs is 1. The summed E-state index contributed by atoms with van der Waals surface area (Å²) in [5.74, 6) is 0.0155. The van der Waals surface area contributed by atoms with Crippen molar-refractivity contribution in [2.75, 3.05) is 6.54 Å². The average Bonchev–Trinajstić information content (AvgIpc) is 3.49. The van der Waals surface area contributed by atoms with Crippen molar-refractivity contribution in [3.05, 3.63) is 38.2 Å². The number of hydrogen-bond acceptors (Lipinski definition) is 5. The summed E-state index contributed by atoms with van der Waals surface area (Å²) in [5, 5.41) is 3.18. The van der Waals surface area contributed by atoms with Gasteiger partial charge in [-0.05, 0) is 44.1 Å². The zero-order valence-electron chi connectivity index (χ0n) is 17.0. The van der Waals surface area contributed by atoms with Crippen LogP contribution < -0.4 is 22.3 Å². The number of amides is 1. The third-order valence-corrected chi connectivity index (χ3v) is 5.55. The molecule has 8 nitrogen and oxygen atoms in total. The van der Waals surface area contributed by atoms with Crippen LogP contribution in [0.2, 0.25) is 0 Å². The highest BCUT2D eigenvalue weighted by atomic mass is 16.2. The predicted molar refractivity (Wildman–Crippen MR) is 109 cm³/mol. The fourth-order valence-corrected chi connectivity index (χ4v) is 3.57. The van der Waals surface area contributed by atoms with Crippen LogP contribution >= 0.6 is 0 Å². The standard InChI is InChI=1S/C20H29N5O3/c1-5-8-25-16-15(18(27)23-19(25)28)13(9-14(22-16)11(2)3)17(26)24-20(4,10-21)12-6-7-12/h9,11-12H,5-8,10,21H2,1-4H3,(H,24,26)(H,23,27,28). The molecule has 1 aliphatic carbocycles. The van der Waals surface area contributed by atoms with Gasteiger partial charge in [0.15, 0.2) is 5.65 Å². The maximum Gasteiger partial charge on any atom is 0.329 e. The highest BCUT2D eigenvalue weighted by Crippen LogP contribution is 2.39. The minimum Gasteiger partial charge on any atom is -0.345 e. The molecule has 4 N–H and O–H groups in total. The van der Waals surface area contributed by atoms with Crippen LogP contribution in [0.5, 0.6) is 0 Å². The van der Waals surface area contributed by atoms with E-state index in [9.17, 15) is 14.4 Å². The van der Waals surface area contributed by atoms with Crippen molar-refractivity contribution >= 4 is 16.9 Å². The van der Waals surface area contributed by atoms with Crippen molar-refractivity contribution < 1.29 is 4.79 Å². The first-order valence-corrected chi connectivity index (χ1v) is 9.92. The van der Waals surface area contributed by atoms with Gasteiger partial charge < -0.3 is 11.1 Å². The first-order chi connectivity index (χ1) is 13.2. The van der Waals surface area contributed by atoms with Crippen LogP contribution in [0.15, 0.2) is 15.7 Å². The van der Waals surface area contributed by atoms with Gasteiger partial charge in [0.1, 0.15) is 0 Å². The maximum absolute atomic E-state index is 13.2. The highest BCUT2D eigenvalue weighted by molar-refractivity contribution is 6.05. The van der Waals surface area contributed by atoms with E-state index in [1.54, 1.807) is 6.07 Å². The van der Waals surface area contributed by atoms with E-state index >= 15 is 0 Å². The molecule has 2 aromatic rings. The number of rotatable bonds is 7. The molecular formula is C20H29N5O3. The summed E-state index contributed by atoms with van der Waals surface area (Å²) in [7, 11) is 0. The molecule has 0 aromatic carbocycles. The molecule has 0 aliphatic heterocycles. The van der Waals surface area contributed by atoms with Crippen molar-refractivity contribution in [2.24, 2.45) is 11.7 Å². The van der Waals surface area contributed by atoms with E-state index in [2.05, 4.69) is 15.3 Å². The van der Waals surface area contributed by atoms with E-state index in [0.29, 0.717) is 31.1 Å². The quantitative estimate of drug-likeness (QED) is 0.664. The lowest BCUT2D eigenvalue weighted by Crippen LogP contribution is -2.53. The van der Waals surface area contributed by atoms with Crippen molar-refractivity contribution in [1.82, 2.24) is 19.9 Å². The van der Waals surface area contributed by atoms with Gasteiger partial charge in [-0.15, -0.1) is 0 Å². The van der Waals surface area contributed by atoms with Gasteiger partial charge in [-0.2, -0.15) is 0 Å². The second-order valence-electron chi connectivity index (χ2n) is 8.21. The van der Waals surface area contributed by atoms with Crippen molar-refractivity contribution in [3.8, 4) is 0 Å². The molecule has 1 atom stereocenters. The van der Waals surface area contributed by atoms with E-state index in [-0.39, 0.29) is 28.4 Å². The molecule has 1 amide bonds. The lowest BCUT2D eigenvalue weighted by molar-refractivity contribution is 0.0899. The minimum atomic E-state index is -0.596. The molecule has 1 unspecified atom stereocenters. The summed E-state index contributed by atoms with van der Waals surface area (Å²) in [6, 6.07) is 1.65. The Balaban J connectivity index is 2.23. The lowest BCUT2D eigenvalue weighted by atomic mass is 9.95. The Labute approximate surface area is 163 Å². The number of carbonyl (C=O) groups excluding carboxylic acids is 1. The number of aromatic nitrogens is 3. The molecule has 2 heterocycles. The molecule has 1 saturated carbocycles. The van der Waals surface area contributed by atoms with Gasteiger partial charge >= 0.3 is 5.69 Å². The highest BCUT2D eigenvalue weighted by Gasteiger charge is 2.42. The molecule has 1 aliphatic rings. The Kier molecular flexibility index (Phi) is 5.43. The third-order valence-electron chi connectivity index (χ3n) is 5.55.